The first-order chi connectivity index (χ1) is 19.5. The van der Waals surface area contributed by atoms with Gasteiger partial charge in [0.15, 0.2) is 0 Å². The minimum atomic E-state index is -1.15. The fraction of sp³-hybridized carbons (Fsp3) is 0.778. The molecule has 4 heteroatoms. The van der Waals surface area contributed by atoms with E-state index in [1.807, 2.05) is 6.07 Å². The molecule has 0 aliphatic rings. The molecule has 0 heterocycles. The van der Waals surface area contributed by atoms with Gasteiger partial charge in [-0.2, -0.15) is 0 Å². The SMILES string of the molecule is CCCCCCCCCCCCCCc1ccc(C(=O)O)c(C(=O)O)c1CCCCCCCCCCCCCC. The van der Waals surface area contributed by atoms with E-state index < -0.39 is 11.9 Å². The van der Waals surface area contributed by atoms with E-state index in [2.05, 4.69) is 13.8 Å². The van der Waals surface area contributed by atoms with Crippen LogP contribution in [0.2, 0.25) is 0 Å². The Labute approximate surface area is 246 Å². The monoisotopic (exact) mass is 558 g/mol. The van der Waals surface area contributed by atoms with Gasteiger partial charge in [-0.15, -0.1) is 0 Å². The number of unbranched alkanes of at least 4 members (excludes halogenated alkanes) is 22. The van der Waals surface area contributed by atoms with Crippen molar-refractivity contribution in [2.24, 2.45) is 0 Å². The highest BCUT2D eigenvalue weighted by molar-refractivity contribution is 6.03. The third-order valence-electron chi connectivity index (χ3n) is 8.43. The van der Waals surface area contributed by atoms with E-state index in [1.165, 1.54) is 134 Å². The lowest BCUT2D eigenvalue weighted by molar-refractivity contribution is 0.0650. The number of carboxylic acids is 2. The van der Waals surface area contributed by atoms with Crippen LogP contribution in [0.25, 0.3) is 0 Å². The minimum Gasteiger partial charge on any atom is -0.478 e. The molecule has 0 aromatic heterocycles. The molecule has 0 aliphatic carbocycles. The second kappa shape index (κ2) is 24.9. The standard InChI is InChI=1S/C36H62O4/c1-3-5-7-9-11-13-15-17-19-21-23-25-27-31-29-30-33(35(37)38)34(36(39)40)32(31)28-26-24-22-20-18-16-14-12-10-8-6-4-2/h29-30H,3-28H2,1-2H3,(H,37,38)(H,39,40). The lowest BCUT2D eigenvalue weighted by atomic mass is 9.89. The first-order valence-electron chi connectivity index (χ1n) is 17.1. The lowest BCUT2D eigenvalue weighted by Crippen LogP contribution is -2.14. The Kier molecular flexibility index (Phi) is 22.5. The predicted molar refractivity (Wildman–Crippen MR) is 170 cm³/mol. The van der Waals surface area contributed by atoms with Gasteiger partial charge in [0.2, 0.25) is 0 Å². The topological polar surface area (TPSA) is 74.6 Å². The molecule has 0 amide bonds. The number of hydrogen-bond acceptors (Lipinski definition) is 2. The van der Waals surface area contributed by atoms with Gasteiger partial charge in [0, 0.05) is 0 Å². The van der Waals surface area contributed by atoms with Crippen molar-refractivity contribution >= 4 is 11.9 Å². The molecule has 0 spiro atoms. The molecule has 0 saturated carbocycles. The second-order valence-corrected chi connectivity index (χ2v) is 12.0. The van der Waals surface area contributed by atoms with Gasteiger partial charge >= 0.3 is 11.9 Å². The van der Waals surface area contributed by atoms with Gasteiger partial charge < -0.3 is 10.2 Å². The van der Waals surface area contributed by atoms with E-state index in [0.29, 0.717) is 6.42 Å². The Morgan fingerprint density at radius 1 is 0.475 bits per heavy atom. The van der Waals surface area contributed by atoms with E-state index in [1.54, 1.807) is 0 Å². The summed E-state index contributed by atoms with van der Waals surface area (Å²) in [6, 6.07) is 3.39. The molecular weight excluding hydrogens is 496 g/mol. The van der Waals surface area contributed by atoms with E-state index in [-0.39, 0.29) is 11.1 Å². The summed E-state index contributed by atoms with van der Waals surface area (Å²) < 4.78 is 0. The van der Waals surface area contributed by atoms with Crippen LogP contribution in [-0.4, -0.2) is 22.2 Å². The van der Waals surface area contributed by atoms with Crippen molar-refractivity contribution in [2.75, 3.05) is 0 Å². The van der Waals surface area contributed by atoms with Crippen LogP contribution >= 0.6 is 0 Å². The smallest absolute Gasteiger partial charge is 0.336 e. The fourth-order valence-electron chi connectivity index (χ4n) is 5.93. The van der Waals surface area contributed by atoms with Crippen molar-refractivity contribution in [3.8, 4) is 0 Å². The Balaban J connectivity index is 2.42. The summed E-state index contributed by atoms with van der Waals surface area (Å²) in [6.07, 6.45) is 32.1. The first kappa shape index (κ1) is 36.2. The zero-order valence-electron chi connectivity index (χ0n) is 26.3. The summed E-state index contributed by atoms with van der Waals surface area (Å²) in [6.45, 7) is 4.52. The summed E-state index contributed by atoms with van der Waals surface area (Å²) in [5.41, 5.74) is 1.76. The molecule has 0 radical (unpaired) electrons. The molecule has 40 heavy (non-hydrogen) atoms. The van der Waals surface area contributed by atoms with Crippen molar-refractivity contribution in [1.29, 1.82) is 0 Å². The van der Waals surface area contributed by atoms with Crippen LogP contribution in [-0.2, 0) is 12.8 Å². The number of hydrogen-bond donors (Lipinski definition) is 2. The third kappa shape index (κ3) is 17.1. The lowest BCUT2D eigenvalue weighted by Gasteiger charge is -2.15. The predicted octanol–water partition coefficient (Wildman–Crippen LogP) is 11.6. The second-order valence-electron chi connectivity index (χ2n) is 12.0. The summed E-state index contributed by atoms with van der Waals surface area (Å²) in [7, 11) is 0. The summed E-state index contributed by atoms with van der Waals surface area (Å²) in [5, 5.41) is 19.5. The number of aryl methyl sites for hydroxylation is 1. The van der Waals surface area contributed by atoms with Gasteiger partial charge in [-0.3, -0.25) is 0 Å². The molecular formula is C36H62O4. The van der Waals surface area contributed by atoms with E-state index in [0.717, 1.165) is 43.2 Å². The largest absolute Gasteiger partial charge is 0.478 e. The summed E-state index contributed by atoms with van der Waals surface area (Å²) in [4.78, 5) is 23.9. The Morgan fingerprint density at radius 2 is 0.825 bits per heavy atom. The molecule has 1 aromatic carbocycles. The van der Waals surface area contributed by atoms with Crippen LogP contribution < -0.4 is 0 Å². The number of carbonyl (C=O) groups is 2. The van der Waals surface area contributed by atoms with Gasteiger partial charge in [-0.1, -0.05) is 161 Å². The molecule has 2 N–H and O–H groups in total. The van der Waals surface area contributed by atoms with E-state index in [4.69, 9.17) is 0 Å². The van der Waals surface area contributed by atoms with Gasteiger partial charge in [-0.25, -0.2) is 9.59 Å². The maximum absolute atomic E-state index is 12.1. The van der Waals surface area contributed by atoms with Crippen molar-refractivity contribution in [3.05, 3.63) is 34.4 Å². The normalized spacial score (nSPS) is 11.2. The van der Waals surface area contributed by atoms with E-state index in [9.17, 15) is 19.8 Å². The molecule has 0 saturated heterocycles. The fourth-order valence-corrected chi connectivity index (χ4v) is 5.93. The van der Waals surface area contributed by atoms with Gasteiger partial charge in [-0.05, 0) is 42.9 Å². The summed E-state index contributed by atoms with van der Waals surface area (Å²) >= 11 is 0. The van der Waals surface area contributed by atoms with Crippen molar-refractivity contribution in [1.82, 2.24) is 0 Å². The molecule has 4 nitrogen and oxygen atoms in total. The Bertz CT molecular complexity index is 785. The molecule has 0 aliphatic heterocycles. The van der Waals surface area contributed by atoms with Crippen LogP contribution in [0.1, 0.15) is 200 Å². The highest BCUT2D eigenvalue weighted by Crippen LogP contribution is 2.25. The van der Waals surface area contributed by atoms with Crippen molar-refractivity contribution in [2.45, 2.75) is 181 Å². The van der Waals surface area contributed by atoms with Crippen LogP contribution in [0.4, 0.5) is 0 Å². The number of carboxylic acid groups (broad SMARTS) is 2. The number of benzene rings is 1. The van der Waals surface area contributed by atoms with Crippen molar-refractivity contribution < 1.29 is 19.8 Å². The maximum Gasteiger partial charge on any atom is 0.336 e. The third-order valence-corrected chi connectivity index (χ3v) is 8.43. The summed E-state index contributed by atoms with van der Waals surface area (Å²) in [5.74, 6) is -2.26. The molecule has 0 unspecified atom stereocenters. The molecule has 1 rings (SSSR count). The first-order valence-corrected chi connectivity index (χ1v) is 17.1. The van der Waals surface area contributed by atoms with Crippen LogP contribution in [0.15, 0.2) is 12.1 Å². The molecule has 0 bridgehead atoms. The number of aromatic carboxylic acids is 2. The van der Waals surface area contributed by atoms with Crippen molar-refractivity contribution in [3.63, 3.8) is 0 Å². The zero-order chi connectivity index (χ0) is 29.3. The average Bonchev–Trinajstić information content (AvgIpc) is 2.94. The Morgan fingerprint density at radius 3 is 1.18 bits per heavy atom. The molecule has 1 aromatic rings. The number of rotatable bonds is 28. The van der Waals surface area contributed by atoms with Crippen LogP contribution in [0.3, 0.4) is 0 Å². The van der Waals surface area contributed by atoms with E-state index >= 15 is 0 Å². The highest BCUT2D eigenvalue weighted by Gasteiger charge is 2.22. The highest BCUT2D eigenvalue weighted by atomic mass is 16.4. The molecule has 0 atom stereocenters. The minimum absolute atomic E-state index is 0.0204. The Hall–Kier alpha value is -1.84. The van der Waals surface area contributed by atoms with Gasteiger partial charge in [0.05, 0.1) is 11.1 Å². The molecule has 0 fully saturated rings. The van der Waals surface area contributed by atoms with Crippen LogP contribution in [0.5, 0.6) is 0 Å². The van der Waals surface area contributed by atoms with Crippen LogP contribution in [0, 0.1) is 0 Å². The average molecular weight is 559 g/mol. The van der Waals surface area contributed by atoms with Gasteiger partial charge in [0.1, 0.15) is 0 Å². The zero-order valence-corrected chi connectivity index (χ0v) is 26.3. The molecule has 230 valence electrons. The quantitative estimate of drug-likeness (QED) is 0.100. The maximum atomic E-state index is 12.1. The van der Waals surface area contributed by atoms with Gasteiger partial charge in [0.25, 0.3) is 0 Å².